The Balaban J connectivity index is 2.47. The maximum Gasteiger partial charge on any atom is 0.200 e. The van der Waals surface area contributed by atoms with Crippen molar-refractivity contribution in [1.82, 2.24) is 0 Å². The average Bonchev–Trinajstić information content (AvgIpc) is 2.52. The second-order valence-electron chi connectivity index (χ2n) is 5.20. The molecule has 0 spiro atoms. The number of aliphatic hydroxyl groups is 1. The lowest BCUT2D eigenvalue weighted by molar-refractivity contribution is 0.294. The van der Waals surface area contributed by atoms with Gasteiger partial charge < -0.3 is 5.11 Å². The molecule has 0 bridgehead atoms. The molecule has 0 atom stereocenters. The SMILES string of the molecule is OCC(=Cc1c(F)c(F)c(F)c(F)c1F)C1CCCCC1. The van der Waals surface area contributed by atoms with E-state index in [4.69, 9.17) is 0 Å². The number of hydrogen-bond donors (Lipinski definition) is 1. The van der Waals surface area contributed by atoms with E-state index in [9.17, 15) is 27.1 Å². The molecule has 1 aromatic carbocycles. The number of hydrogen-bond acceptors (Lipinski definition) is 1. The third-order valence-corrected chi connectivity index (χ3v) is 3.89. The van der Waals surface area contributed by atoms with Crippen molar-refractivity contribution >= 4 is 6.08 Å². The van der Waals surface area contributed by atoms with Crippen LogP contribution < -0.4 is 0 Å². The van der Waals surface area contributed by atoms with Crippen LogP contribution in [0, 0.1) is 35.0 Å². The first kappa shape index (κ1) is 15.9. The zero-order chi connectivity index (χ0) is 15.6. The van der Waals surface area contributed by atoms with Crippen molar-refractivity contribution in [3.05, 3.63) is 40.2 Å². The van der Waals surface area contributed by atoms with Crippen LogP contribution in [0.15, 0.2) is 5.57 Å². The van der Waals surface area contributed by atoms with Gasteiger partial charge in [0.25, 0.3) is 0 Å². The van der Waals surface area contributed by atoms with Crippen molar-refractivity contribution in [3.63, 3.8) is 0 Å². The second-order valence-corrected chi connectivity index (χ2v) is 5.20. The van der Waals surface area contributed by atoms with Crippen LogP contribution in [0.2, 0.25) is 0 Å². The Labute approximate surface area is 119 Å². The zero-order valence-electron chi connectivity index (χ0n) is 11.2. The minimum Gasteiger partial charge on any atom is -0.392 e. The molecule has 1 aromatic rings. The first-order valence-electron chi connectivity index (χ1n) is 6.80. The molecule has 1 N–H and O–H groups in total. The van der Waals surface area contributed by atoms with Crippen LogP contribution >= 0.6 is 0 Å². The molecular weight excluding hydrogens is 291 g/mol. The molecule has 1 fully saturated rings. The van der Waals surface area contributed by atoms with E-state index in [1.165, 1.54) is 0 Å². The van der Waals surface area contributed by atoms with Crippen molar-refractivity contribution in [2.75, 3.05) is 6.61 Å². The summed E-state index contributed by atoms with van der Waals surface area (Å²) < 4.78 is 66.5. The van der Waals surface area contributed by atoms with Crippen molar-refractivity contribution < 1.29 is 27.1 Å². The Morgan fingerprint density at radius 2 is 1.33 bits per heavy atom. The average molecular weight is 306 g/mol. The van der Waals surface area contributed by atoms with Gasteiger partial charge in [-0.1, -0.05) is 19.3 Å². The van der Waals surface area contributed by atoms with Crippen LogP contribution in [0.4, 0.5) is 22.0 Å². The normalized spacial score (nSPS) is 17.3. The Morgan fingerprint density at radius 1 is 0.857 bits per heavy atom. The molecule has 0 aromatic heterocycles. The van der Waals surface area contributed by atoms with E-state index in [0.29, 0.717) is 5.57 Å². The minimum absolute atomic E-state index is 0.0845. The van der Waals surface area contributed by atoms with E-state index < -0.39 is 41.3 Å². The Bertz CT molecular complexity index is 533. The molecule has 1 saturated carbocycles. The monoisotopic (exact) mass is 306 g/mol. The highest BCUT2D eigenvalue weighted by Crippen LogP contribution is 2.32. The predicted octanol–water partition coefficient (Wildman–Crippen LogP) is 4.34. The largest absolute Gasteiger partial charge is 0.392 e. The quantitative estimate of drug-likeness (QED) is 0.500. The number of rotatable bonds is 3. The fraction of sp³-hybridized carbons (Fsp3) is 0.467. The van der Waals surface area contributed by atoms with Gasteiger partial charge in [0.15, 0.2) is 23.3 Å². The number of halogens is 5. The highest BCUT2D eigenvalue weighted by Gasteiger charge is 2.26. The van der Waals surface area contributed by atoms with Gasteiger partial charge in [0.1, 0.15) is 0 Å². The fourth-order valence-electron chi connectivity index (χ4n) is 2.70. The van der Waals surface area contributed by atoms with Crippen LogP contribution in [0.25, 0.3) is 6.08 Å². The summed E-state index contributed by atoms with van der Waals surface area (Å²) in [6, 6.07) is 0. The van der Waals surface area contributed by atoms with Crippen LogP contribution in [0.3, 0.4) is 0 Å². The summed E-state index contributed by atoms with van der Waals surface area (Å²) in [6.45, 7) is -0.468. The molecule has 21 heavy (non-hydrogen) atoms. The molecule has 1 nitrogen and oxygen atoms in total. The van der Waals surface area contributed by atoms with E-state index in [0.717, 1.165) is 38.2 Å². The van der Waals surface area contributed by atoms with Gasteiger partial charge in [-0.05, 0) is 30.4 Å². The summed E-state index contributed by atoms with van der Waals surface area (Å²) in [4.78, 5) is 0. The van der Waals surface area contributed by atoms with Crippen LogP contribution in [0.1, 0.15) is 37.7 Å². The lowest BCUT2D eigenvalue weighted by atomic mass is 9.83. The fourth-order valence-corrected chi connectivity index (χ4v) is 2.70. The molecule has 2 rings (SSSR count). The molecule has 0 amide bonds. The van der Waals surface area contributed by atoms with Gasteiger partial charge in [0, 0.05) is 0 Å². The molecule has 1 aliphatic carbocycles. The molecular formula is C15H15F5O. The highest BCUT2D eigenvalue weighted by atomic mass is 19.2. The van der Waals surface area contributed by atoms with Crippen molar-refractivity contribution in [1.29, 1.82) is 0 Å². The van der Waals surface area contributed by atoms with Crippen LogP contribution in [-0.4, -0.2) is 11.7 Å². The Hall–Kier alpha value is -1.43. The van der Waals surface area contributed by atoms with Crippen LogP contribution in [0.5, 0.6) is 0 Å². The van der Waals surface area contributed by atoms with E-state index >= 15 is 0 Å². The summed E-state index contributed by atoms with van der Waals surface area (Å²) in [5.74, 6) is -9.94. The van der Waals surface area contributed by atoms with Gasteiger partial charge in [-0.3, -0.25) is 0 Å². The molecule has 0 aliphatic heterocycles. The lowest BCUT2D eigenvalue weighted by Crippen LogP contribution is -2.13. The van der Waals surface area contributed by atoms with E-state index in [-0.39, 0.29) is 5.92 Å². The van der Waals surface area contributed by atoms with Crippen molar-refractivity contribution in [3.8, 4) is 0 Å². The summed E-state index contributed by atoms with van der Waals surface area (Å²) >= 11 is 0. The van der Waals surface area contributed by atoms with E-state index in [2.05, 4.69) is 0 Å². The van der Waals surface area contributed by atoms with E-state index in [1.807, 2.05) is 0 Å². The molecule has 0 heterocycles. The van der Waals surface area contributed by atoms with Crippen molar-refractivity contribution in [2.24, 2.45) is 5.92 Å². The second kappa shape index (κ2) is 6.56. The topological polar surface area (TPSA) is 20.2 Å². The minimum atomic E-state index is -2.18. The van der Waals surface area contributed by atoms with Gasteiger partial charge >= 0.3 is 0 Å². The molecule has 1 aliphatic rings. The predicted molar refractivity (Wildman–Crippen MR) is 67.9 cm³/mol. The summed E-state index contributed by atoms with van der Waals surface area (Å²) in [6.07, 6.45) is 5.24. The summed E-state index contributed by atoms with van der Waals surface area (Å²) in [7, 11) is 0. The molecule has 6 heteroatoms. The molecule has 0 saturated heterocycles. The third kappa shape index (κ3) is 3.10. The smallest absolute Gasteiger partial charge is 0.200 e. The van der Waals surface area contributed by atoms with Crippen LogP contribution in [-0.2, 0) is 0 Å². The maximum absolute atomic E-state index is 13.6. The number of benzene rings is 1. The first-order chi connectivity index (χ1) is 9.97. The highest BCUT2D eigenvalue weighted by molar-refractivity contribution is 5.55. The van der Waals surface area contributed by atoms with Gasteiger partial charge in [-0.25, -0.2) is 22.0 Å². The lowest BCUT2D eigenvalue weighted by Gasteiger charge is -2.23. The van der Waals surface area contributed by atoms with E-state index in [1.54, 1.807) is 0 Å². The van der Waals surface area contributed by atoms with Gasteiger partial charge in [-0.15, -0.1) is 0 Å². The first-order valence-corrected chi connectivity index (χ1v) is 6.80. The van der Waals surface area contributed by atoms with Gasteiger partial charge in [-0.2, -0.15) is 0 Å². The zero-order valence-corrected chi connectivity index (χ0v) is 11.2. The third-order valence-electron chi connectivity index (χ3n) is 3.89. The molecule has 0 radical (unpaired) electrons. The standard InChI is InChI=1S/C15H15F5O/c16-11-10(12(17)14(19)15(20)13(11)18)6-9(7-21)8-4-2-1-3-5-8/h6,8,21H,1-5,7H2. The Kier molecular flexibility index (Phi) is 4.98. The van der Waals surface area contributed by atoms with Gasteiger partial charge in [0.2, 0.25) is 5.82 Å². The maximum atomic E-state index is 13.6. The number of aliphatic hydroxyl groups excluding tert-OH is 1. The molecule has 0 unspecified atom stereocenters. The summed E-state index contributed by atoms with van der Waals surface area (Å²) in [5, 5.41) is 9.34. The molecule has 116 valence electrons. The van der Waals surface area contributed by atoms with Crippen molar-refractivity contribution in [2.45, 2.75) is 32.1 Å². The Morgan fingerprint density at radius 3 is 1.81 bits per heavy atom. The van der Waals surface area contributed by atoms with Gasteiger partial charge in [0.05, 0.1) is 12.2 Å². The summed E-state index contributed by atoms with van der Waals surface area (Å²) in [5.41, 5.74) is -0.682.